The van der Waals surface area contributed by atoms with Crippen LogP contribution >= 0.6 is 12.2 Å². The van der Waals surface area contributed by atoms with Gasteiger partial charge >= 0.3 is 0 Å². The number of aliphatic hydroxyl groups is 5. The Kier molecular flexibility index (Phi) is 4.20. The number of hydrogen-bond donors (Lipinski definition) is 7. The van der Waals surface area contributed by atoms with Gasteiger partial charge in [0.1, 0.15) is 18.3 Å². The Labute approximate surface area is 91.4 Å². The SMILES string of the molecule is OC[C@@H](O)[C@@H](O)[C@@H]1NC(=S)N[C@H](O)[C@@H]1O. The van der Waals surface area contributed by atoms with Crippen molar-refractivity contribution >= 4 is 17.3 Å². The van der Waals surface area contributed by atoms with E-state index in [1.807, 2.05) is 0 Å². The van der Waals surface area contributed by atoms with Gasteiger partial charge in [-0.2, -0.15) is 0 Å². The van der Waals surface area contributed by atoms with Crippen LogP contribution in [0, 0.1) is 0 Å². The minimum absolute atomic E-state index is 0.0574. The lowest BCUT2D eigenvalue weighted by Crippen LogP contribution is -2.68. The first-order valence-corrected chi connectivity index (χ1v) is 4.78. The van der Waals surface area contributed by atoms with E-state index in [-0.39, 0.29) is 5.11 Å². The summed E-state index contributed by atoms with van der Waals surface area (Å²) in [5.74, 6) is 0. The third-order valence-electron chi connectivity index (χ3n) is 2.22. The maximum absolute atomic E-state index is 9.52. The van der Waals surface area contributed by atoms with E-state index in [1.54, 1.807) is 0 Å². The number of thiocarbonyl (C=S) groups is 1. The Morgan fingerprint density at radius 3 is 2.40 bits per heavy atom. The zero-order valence-corrected chi connectivity index (χ0v) is 8.55. The molecule has 1 fully saturated rings. The molecule has 1 aliphatic rings. The van der Waals surface area contributed by atoms with Crippen molar-refractivity contribution in [2.75, 3.05) is 6.61 Å². The van der Waals surface area contributed by atoms with E-state index in [2.05, 4.69) is 10.6 Å². The van der Waals surface area contributed by atoms with E-state index < -0.39 is 37.2 Å². The number of hydrogen-bond acceptors (Lipinski definition) is 6. The van der Waals surface area contributed by atoms with Crippen LogP contribution in [0.2, 0.25) is 0 Å². The van der Waals surface area contributed by atoms with Gasteiger partial charge in [0.2, 0.25) is 0 Å². The Bertz CT molecular complexity index is 241. The quantitative estimate of drug-likeness (QED) is 0.250. The third-order valence-corrected chi connectivity index (χ3v) is 2.45. The summed E-state index contributed by atoms with van der Waals surface area (Å²) in [4.78, 5) is 0. The monoisotopic (exact) mass is 238 g/mol. The molecule has 15 heavy (non-hydrogen) atoms. The van der Waals surface area contributed by atoms with Gasteiger partial charge in [-0.3, -0.25) is 0 Å². The second-order valence-corrected chi connectivity index (χ2v) is 3.73. The highest BCUT2D eigenvalue weighted by molar-refractivity contribution is 7.80. The van der Waals surface area contributed by atoms with Crippen molar-refractivity contribution in [3.8, 4) is 0 Å². The zero-order valence-electron chi connectivity index (χ0n) is 7.74. The second kappa shape index (κ2) is 5.01. The number of rotatable bonds is 3. The Morgan fingerprint density at radius 1 is 1.27 bits per heavy atom. The third kappa shape index (κ3) is 2.74. The molecule has 1 aliphatic heterocycles. The van der Waals surface area contributed by atoms with Gasteiger partial charge in [0, 0.05) is 0 Å². The van der Waals surface area contributed by atoms with E-state index in [0.717, 1.165) is 0 Å². The molecule has 1 rings (SSSR count). The van der Waals surface area contributed by atoms with E-state index in [4.69, 9.17) is 17.3 Å². The lowest BCUT2D eigenvalue weighted by atomic mass is 9.98. The van der Waals surface area contributed by atoms with Crippen molar-refractivity contribution < 1.29 is 25.5 Å². The van der Waals surface area contributed by atoms with Crippen LogP contribution in [-0.4, -0.2) is 67.8 Å². The summed E-state index contributed by atoms with van der Waals surface area (Å²) in [6.07, 6.45) is -5.50. The highest BCUT2D eigenvalue weighted by Crippen LogP contribution is 2.10. The van der Waals surface area contributed by atoms with Crippen LogP contribution < -0.4 is 10.6 Å². The van der Waals surface area contributed by atoms with E-state index in [0.29, 0.717) is 0 Å². The van der Waals surface area contributed by atoms with Crippen LogP contribution in [0.1, 0.15) is 0 Å². The van der Waals surface area contributed by atoms with E-state index in [1.165, 1.54) is 0 Å². The Balaban J connectivity index is 2.70. The van der Waals surface area contributed by atoms with Gasteiger partial charge in [-0.1, -0.05) is 0 Å². The molecule has 0 amide bonds. The normalized spacial score (nSPS) is 35.3. The van der Waals surface area contributed by atoms with Crippen LogP contribution in [0.25, 0.3) is 0 Å². The molecule has 0 aromatic carbocycles. The number of nitrogens with one attached hydrogen (secondary N) is 2. The molecule has 0 spiro atoms. The summed E-state index contributed by atoms with van der Waals surface area (Å²) >= 11 is 4.71. The Morgan fingerprint density at radius 2 is 1.87 bits per heavy atom. The summed E-state index contributed by atoms with van der Waals surface area (Å²) in [6, 6.07) is -1.03. The van der Waals surface area contributed by atoms with Crippen molar-refractivity contribution in [2.24, 2.45) is 0 Å². The first kappa shape index (κ1) is 12.6. The van der Waals surface area contributed by atoms with Crippen LogP contribution in [0.15, 0.2) is 0 Å². The summed E-state index contributed by atoms with van der Waals surface area (Å²) in [7, 11) is 0. The summed E-state index contributed by atoms with van der Waals surface area (Å²) in [6.45, 7) is -0.650. The lowest BCUT2D eigenvalue weighted by Gasteiger charge is -2.38. The van der Waals surface area contributed by atoms with E-state index in [9.17, 15) is 20.4 Å². The standard InChI is InChI=1S/C7H14N2O5S/c10-1-2(11)4(12)3-5(13)6(14)9-7(15)8-3/h2-6,10-14H,1H2,(H2,8,9,15)/t2-,3+,4-,5-,6-/m1/s1. The maximum Gasteiger partial charge on any atom is 0.168 e. The van der Waals surface area contributed by atoms with E-state index >= 15 is 0 Å². The second-order valence-electron chi connectivity index (χ2n) is 3.32. The molecule has 0 unspecified atom stereocenters. The molecule has 0 aromatic heterocycles. The molecule has 0 radical (unpaired) electrons. The molecular formula is C7H14N2O5S. The van der Waals surface area contributed by atoms with Gasteiger partial charge in [-0.05, 0) is 12.2 Å². The molecule has 8 heteroatoms. The van der Waals surface area contributed by atoms with Gasteiger partial charge in [-0.15, -0.1) is 0 Å². The maximum atomic E-state index is 9.52. The molecule has 5 atom stereocenters. The topological polar surface area (TPSA) is 125 Å². The van der Waals surface area contributed by atoms with Gasteiger partial charge < -0.3 is 36.2 Å². The predicted molar refractivity (Wildman–Crippen MR) is 53.8 cm³/mol. The van der Waals surface area contributed by atoms with Crippen molar-refractivity contribution in [1.29, 1.82) is 0 Å². The molecule has 0 aliphatic carbocycles. The molecule has 0 aromatic rings. The Hall–Kier alpha value is -0.510. The minimum atomic E-state index is -1.43. The number of aliphatic hydroxyl groups excluding tert-OH is 5. The van der Waals surface area contributed by atoms with Crippen molar-refractivity contribution in [3.63, 3.8) is 0 Å². The fraction of sp³-hybridized carbons (Fsp3) is 0.857. The summed E-state index contributed by atoms with van der Waals surface area (Å²) in [5, 5.41) is 51.0. The van der Waals surface area contributed by atoms with Crippen molar-refractivity contribution in [3.05, 3.63) is 0 Å². The molecular weight excluding hydrogens is 224 g/mol. The van der Waals surface area contributed by atoms with Crippen LogP contribution in [0.3, 0.4) is 0 Å². The molecule has 7 N–H and O–H groups in total. The zero-order chi connectivity index (χ0) is 11.6. The highest BCUT2D eigenvalue weighted by atomic mass is 32.1. The largest absolute Gasteiger partial charge is 0.394 e. The van der Waals surface area contributed by atoms with Gasteiger partial charge in [0.15, 0.2) is 11.3 Å². The average molecular weight is 238 g/mol. The van der Waals surface area contributed by atoms with Crippen LogP contribution in [0.5, 0.6) is 0 Å². The summed E-state index contributed by atoms with van der Waals surface area (Å²) in [5.41, 5.74) is 0. The highest BCUT2D eigenvalue weighted by Gasteiger charge is 2.39. The first-order valence-electron chi connectivity index (χ1n) is 4.37. The fourth-order valence-electron chi connectivity index (χ4n) is 1.33. The van der Waals surface area contributed by atoms with Gasteiger partial charge in [-0.25, -0.2) is 0 Å². The predicted octanol–water partition coefficient (Wildman–Crippen LogP) is -3.77. The average Bonchev–Trinajstić information content (AvgIpc) is 2.21. The molecule has 1 heterocycles. The smallest absolute Gasteiger partial charge is 0.168 e. The molecule has 1 saturated heterocycles. The van der Waals surface area contributed by atoms with Gasteiger partial charge in [0.25, 0.3) is 0 Å². The molecule has 0 saturated carbocycles. The van der Waals surface area contributed by atoms with Crippen molar-refractivity contribution in [2.45, 2.75) is 30.6 Å². The van der Waals surface area contributed by atoms with Crippen molar-refractivity contribution in [1.82, 2.24) is 10.6 Å². The van der Waals surface area contributed by atoms with Crippen LogP contribution in [0.4, 0.5) is 0 Å². The first-order chi connectivity index (χ1) is 6.97. The summed E-state index contributed by atoms with van der Waals surface area (Å²) < 4.78 is 0. The molecule has 0 bridgehead atoms. The molecule has 88 valence electrons. The lowest BCUT2D eigenvalue weighted by molar-refractivity contribution is -0.0895. The van der Waals surface area contributed by atoms with Gasteiger partial charge in [0.05, 0.1) is 12.6 Å². The van der Waals surface area contributed by atoms with Crippen LogP contribution in [-0.2, 0) is 0 Å². The fourth-order valence-corrected chi connectivity index (χ4v) is 1.59. The minimum Gasteiger partial charge on any atom is -0.394 e. The molecule has 7 nitrogen and oxygen atoms in total.